The smallest absolute Gasteiger partial charge is 0.254 e. The summed E-state index contributed by atoms with van der Waals surface area (Å²) in [7, 11) is 0. The molecular weight excluding hydrogens is 196 g/mol. The maximum Gasteiger partial charge on any atom is 0.254 e. The monoisotopic (exact) mass is 206 g/mol. The fourth-order valence-electron chi connectivity index (χ4n) is 1.47. The minimum absolute atomic E-state index is 0.330. The van der Waals surface area contributed by atoms with Gasteiger partial charge in [-0.05, 0) is 13.8 Å². The predicted octanol–water partition coefficient (Wildman–Crippen LogP) is 0.969. The second-order valence-electron chi connectivity index (χ2n) is 3.36. The molecule has 0 radical (unpaired) electrons. The van der Waals surface area contributed by atoms with Gasteiger partial charge in [0.1, 0.15) is 11.8 Å². The molecule has 0 aromatic carbocycles. The van der Waals surface area contributed by atoms with Gasteiger partial charge < -0.3 is 4.42 Å². The summed E-state index contributed by atoms with van der Waals surface area (Å²) in [5.41, 5.74) is 0. The summed E-state index contributed by atoms with van der Waals surface area (Å²) < 4.78 is 5.27. The van der Waals surface area contributed by atoms with Gasteiger partial charge in [0.15, 0.2) is 0 Å². The largest absolute Gasteiger partial charge is 0.444 e. The highest BCUT2D eigenvalue weighted by atomic mass is 16.4. The molecule has 78 valence electrons. The first-order valence-corrected chi connectivity index (χ1v) is 4.57. The lowest BCUT2D eigenvalue weighted by molar-refractivity contribution is -0.139. The second-order valence-corrected chi connectivity index (χ2v) is 3.36. The highest BCUT2D eigenvalue weighted by molar-refractivity contribution is 6.13. The number of aryl methyl sites for hydroxylation is 1. The van der Waals surface area contributed by atoms with Crippen molar-refractivity contribution in [2.24, 2.45) is 0 Å². The molecule has 15 heavy (non-hydrogen) atoms. The highest BCUT2D eigenvalue weighted by Gasteiger charge is 2.31. The van der Waals surface area contributed by atoms with Crippen molar-refractivity contribution < 1.29 is 14.0 Å². The Bertz CT molecular complexity index is 429. The Morgan fingerprint density at radius 3 is 2.40 bits per heavy atom. The van der Waals surface area contributed by atoms with Crippen LogP contribution in [0.4, 0.5) is 0 Å². The number of nitrogens with zero attached hydrogens (tertiary/aromatic N) is 2. The third-order valence-electron chi connectivity index (χ3n) is 2.23. The molecule has 0 aliphatic carbocycles. The first-order valence-electron chi connectivity index (χ1n) is 4.57. The standard InChI is InChI=1S/C10H10N2O3/c1-6-5-11-10(15-6)7(2)12-8(13)3-4-9(12)14/h3-5,7H,1-2H3. The minimum Gasteiger partial charge on any atom is -0.444 e. The number of imide groups is 1. The van der Waals surface area contributed by atoms with Crippen molar-refractivity contribution in [2.75, 3.05) is 0 Å². The summed E-state index contributed by atoms with van der Waals surface area (Å²) in [6.07, 6.45) is 4.05. The quantitative estimate of drug-likeness (QED) is 0.676. The lowest BCUT2D eigenvalue weighted by atomic mass is 10.3. The molecule has 0 saturated heterocycles. The van der Waals surface area contributed by atoms with Crippen LogP contribution in [0.1, 0.15) is 24.6 Å². The summed E-state index contributed by atoms with van der Waals surface area (Å²) >= 11 is 0. The Labute approximate surface area is 86.4 Å². The molecule has 1 aromatic heterocycles. The Hall–Kier alpha value is -1.91. The number of oxazole rings is 1. The van der Waals surface area contributed by atoms with Crippen LogP contribution < -0.4 is 0 Å². The Morgan fingerprint density at radius 1 is 1.33 bits per heavy atom. The van der Waals surface area contributed by atoms with E-state index in [4.69, 9.17) is 4.42 Å². The fourth-order valence-corrected chi connectivity index (χ4v) is 1.47. The zero-order valence-electron chi connectivity index (χ0n) is 8.43. The van der Waals surface area contributed by atoms with Crippen molar-refractivity contribution in [2.45, 2.75) is 19.9 Å². The second kappa shape index (κ2) is 3.34. The molecule has 5 nitrogen and oxygen atoms in total. The molecule has 2 amide bonds. The number of aromatic nitrogens is 1. The summed E-state index contributed by atoms with van der Waals surface area (Å²) in [6, 6.07) is -0.464. The van der Waals surface area contributed by atoms with Crippen molar-refractivity contribution in [3.63, 3.8) is 0 Å². The van der Waals surface area contributed by atoms with Crippen LogP contribution in [0.5, 0.6) is 0 Å². The van der Waals surface area contributed by atoms with E-state index in [-0.39, 0.29) is 11.8 Å². The Balaban J connectivity index is 2.25. The molecule has 2 heterocycles. The molecule has 1 aliphatic rings. The molecule has 2 rings (SSSR count). The number of hydrogen-bond acceptors (Lipinski definition) is 4. The molecular formula is C10H10N2O3. The SMILES string of the molecule is Cc1cnc(C(C)N2C(=O)C=CC2=O)o1. The average molecular weight is 206 g/mol. The van der Waals surface area contributed by atoms with E-state index in [1.165, 1.54) is 12.2 Å². The van der Waals surface area contributed by atoms with Gasteiger partial charge >= 0.3 is 0 Å². The molecule has 1 unspecified atom stereocenters. The van der Waals surface area contributed by atoms with Gasteiger partial charge in [-0.25, -0.2) is 4.98 Å². The number of rotatable bonds is 2. The van der Waals surface area contributed by atoms with Crippen LogP contribution in [-0.4, -0.2) is 21.7 Å². The van der Waals surface area contributed by atoms with Crippen molar-refractivity contribution in [3.05, 3.63) is 30.0 Å². The minimum atomic E-state index is -0.464. The van der Waals surface area contributed by atoms with Crippen LogP contribution in [0.25, 0.3) is 0 Å². The van der Waals surface area contributed by atoms with E-state index in [9.17, 15) is 9.59 Å². The molecule has 1 aromatic rings. The normalized spacial score (nSPS) is 17.6. The van der Waals surface area contributed by atoms with Crippen LogP contribution in [0.15, 0.2) is 22.8 Å². The first kappa shape index (κ1) is 9.64. The zero-order valence-corrected chi connectivity index (χ0v) is 8.43. The van der Waals surface area contributed by atoms with Gasteiger partial charge in [0, 0.05) is 12.2 Å². The molecule has 1 atom stereocenters. The third kappa shape index (κ3) is 1.56. The van der Waals surface area contributed by atoms with Crippen LogP contribution in [0.2, 0.25) is 0 Å². The molecule has 5 heteroatoms. The molecule has 1 aliphatic heterocycles. The molecule has 0 saturated carbocycles. The lowest BCUT2D eigenvalue weighted by Crippen LogP contribution is -2.32. The van der Waals surface area contributed by atoms with Gasteiger partial charge in [-0.2, -0.15) is 0 Å². The van der Waals surface area contributed by atoms with Gasteiger partial charge in [0.25, 0.3) is 11.8 Å². The summed E-state index contributed by atoms with van der Waals surface area (Å²) in [5.74, 6) is 0.369. The number of carbonyl (C=O) groups is 2. The van der Waals surface area contributed by atoms with E-state index < -0.39 is 6.04 Å². The molecule has 0 N–H and O–H groups in total. The van der Waals surface area contributed by atoms with Crippen LogP contribution in [-0.2, 0) is 9.59 Å². The topological polar surface area (TPSA) is 63.4 Å². The van der Waals surface area contributed by atoms with Gasteiger partial charge in [-0.3, -0.25) is 14.5 Å². The van der Waals surface area contributed by atoms with Gasteiger partial charge in [-0.1, -0.05) is 0 Å². The summed E-state index contributed by atoms with van der Waals surface area (Å²) in [6.45, 7) is 3.46. The molecule has 0 spiro atoms. The number of carbonyl (C=O) groups excluding carboxylic acids is 2. The van der Waals surface area contributed by atoms with Gasteiger partial charge in [0.05, 0.1) is 6.20 Å². The maximum atomic E-state index is 11.4. The van der Waals surface area contributed by atoms with Crippen LogP contribution >= 0.6 is 0 Å². The van der Waals surface area contributed by atoms with Crippen LogP contribution in [0.3, 0.4) is 0 Å². The Morgan fingerprint density at radius 2 is 1.93 bits per heavy atom. The summed E-state index contributed by atoms with van der Waals surface area (Å²) in [4.78, 5) is 27.8. The Kier molecular flexibility index (Phi) is 2.15. The van der Waals surface area contributed by atoms with Gasteiger partial charge in [0.2, 0.25) is 5.89 Å². The van der Waals surface area contributed by atoms with E-state index in [0.29, 0.717) is 11.7 Å². The lowest BCUT2D eigenvalue weighted by Gasteiger charge is -2.19. The van der Waals surface area contributed by atoms with Gasteiger partial charge in [-0.15, -0.1) is 0 Å². The average Bonchev–Trinajstić information content (AvgIpc) is 2.73. The van der Waals surface area contributed by atoms with E-state index in [2.05, 4.69) is 4.98 Å². The van der Waals surface area contributed by atoms with E-state index >= 15 is 0 Å². The summed E-state index contributed by atoms with van der Waals surface area (Å²) in [5, 5.41) is 0. The van der Waals surface area contributed by atoms with E-state index in [0.717, 1.165) is 4.90 Å². The van der Waals surface area contributed by atoms with Crippen molar-refractivity contribution >= 4 is 11.8 Å². The van der Waals surface area contributed by atoms with Crippen LogP contribution in [0, 0.1) is 6.92 Å². The number of amides is 2. The van der Waals surface area contributed by atoms with E-state index in [1.807, 2.05) is 0 Å². The highest BCUT2D eigenvalue weighted by Crippen LogP contribution is 2.22. The first-order chi connectivity index (χ1) is 7.09. The van der Waals surface area contributed by atoms with Crippen molar-refractivity contribution in [1.29, 1.82) is 0 Å². The van der Waals surface area contributed by atoms with E-state index in [1.54, 1.807) is 20.0 Å². The zero-order chi connectivity index (χ0) is 11.0. The molecule has 0 bridgehead atoms. The fraction of sp³-hybridized carbons (Fsp3) is 0.300. The molecule has 0 fully saturated rings. The predicted molar refractivity (Wildman–Crippen MR) is 50.6 cm³/mol. The third-order valence-corrected chi connectivity index (χ3v) is 2.23. The van der Waals surface area contributed by atoms with Crippen molar-refractivity contribution in [3.8, 4) is 0 Å². The maximum absolute atomic E-state index is 11.4. The number of hydrogen-bond donors (Lipinski definition) is 0. The van der Waals surface area contributed by atoms with Crippen molar-refractivity contribution in [1.82, 2.24) is 9.88 Å².